The second-order valence-corrected chi connectivity index (χ2v) is 5.82. The molecule has 0 fully saturated rings. The molecule has 22 heavy (non-hydrogen) atoms. The lowest BCUT2D eigenvalue weighted by Crippen LogP contribution is -2.84. The van der Waals surface area contributed by atoms with Crippen molar-refractivity contribution in [1.29, 1.82) is 0 Å². The molecular weight excluding hydrogens is 274 g/mol. The Bertz CT molecular complexity index is 639. The van der Waals surface area contributed by atoms with Crippen LogP contribution in [-0.4, -0.2) is 14.2 Å². The van der Waals surface area contributed by atoms with Crippen LogP contribution in [0.5, 0.6) is 11.5 Å². The maximum absolute atomic E-state index is 5.50. The lowest BCUT2D eigenvalue weighted by Gasteiger charge is -2.24. The fourth-order valence-electron chi connectivity index (χ4n) is 3.33. The van der Waals surface area contributed by atoms with Gasteiger partial charge in [0, 0.05) is 23.6 Å². The minimum Gasteiger partial charge on any atom is -0.497 e. The summed E-state index contributed by atoms with van der Waals surface area (Å²) in [6.45, 7) is 0.923. The van der Waals surface area contributed by atoms with Gasteiger partial charge >= 0.3 is 0 Å². The number of rotatable bonds is 5. The summed E-state index contributed by atoms with van der Waals surface area (Å²) in [6, 6.07) is 15.5. The zero-order chi connectivity index (χ0) is 15.4. The predicted molar refractivity (Wildman–Crippen MR) is 87.3 cm³/mol. The van der Waals surface area contributed by atoms with Gasteiger partial charge in [-0.3, -0.25) is 0 Å². The summed E-state index contributed by atoms with van der Waals surface area (Å²) in [5.41, 5.74) is 4.23. The first-order valence-corrected chi connectivity index (χ1v) is 7.94. The monoisotopic (exact) mass is 298 g/mol. The normalized spacial score (nSPS) is 16.9. The van der Waals surface area contributed by atoms with Crippen LogP contribution in [-0.2, 0) is 13.0 Å². The average Bonchev–Trinajstić information content (AvgIpc) is 2.59. The topological polar surface area (TPSA) is 35.1 Å². The molecule has 0 amide bonds. The molecule has 3 heteroatoms. The van der Waals surface area contributed by atoms with Crippen LogP contribution in [0.4, 0.5) is 0 Å². The summed E-state index contributed by atoms with van der Waals surface area (Å²) in [6.07, 6.45) is 3.74. The van der Waals surface area contributed by atoms with E-state index in [9.17, 15) is 0 Å². The summed E-state index contributed by atoms with van der Waals surface area (Å²) in [5, 5.41) is 2.43. The molecule has 0 saturated carbocycles. The molecular formula is C19H24NO2+. The number of quaternary nitrogens is 1. The Hall–Kier alpha value is -2.00. The highest BCUT2D eigenvalue weighted by Crippen LogP contribution is 2.28. The van der Waals surface area contributed by atoms with Crippen LogP contribution in [0.1, 0.15) is 35.6 Å². The largest absolute Gasteiger partial charge is 0.497 e. The molecule has 3 nitrogen and oxygen atoms in total. The van der Waals surface area contributed by atoms with Crippen molar-refractivity contribution in [2.75, 3.05) is 14.2 Å². The van der Waals surface area contributed by atoms with Crippen LogP contribution >= 0.6 is 0 Å². The molecule has 2 N–H and O–H groups in total. The zero-order valence-electron chi connectivity index (χ0n) is 13.3. The maximum atomic E-state index is 5.50. The van der Waals surface area contributed by atoms with Gasteiger partial charge in [0.1, 0.15) is 24.1 Å². The van der Waals surface area contributed by atoms with E-state index in [0.717, 1.165) is 18.0 Å². The zero-order valence-corrected chi connectivity index (χ0v) is 13.3. The molecule has 2 aromatic rings. The summed E-state index contributed by atoms with van der Waals surface area (Å²) >= 11 is 0. The second-order valence-electron chi connectivity index (χ2n) is 5.82. The van der Waals surface area contributed by atoms with Crippen molar-refractivity contribution >= 4 is 0 Å². The number of benzene rings is 2. The number of nitrogens with two attached hydrogens (primary N) is 1. The molecule has 0 heterocycles. The molecule has 116 valence electrons. The second kappa shape index (κ2) is 6.84. The molecule has 1 unspecified atom stereocenters. The van der Waals surface area contributed by atoms with Crippen LogP contribution in [0, 0.1) is 0 Å². The predicted octanol–water partition coefficient (Wildman–Crippen LogP) is 2.84. The fraction of sp³-hybridized carbons (Fsp3) is 0.368. The van der Waals surface area contributed by atoms with Gasteiger partial charge < -0.3 is 14.8 Å². The maximum Gasteiger partial charge on any atom is 0.131 e. The molecule has 0 radical (unpaired) electrons. The number of hydrogen-bond donors (Lipinski definition) is 1. The van der Waals surface area contributed by atoms with Gasteiger partial charge in [-0.25, -0.2) is 0 Å². The van der Waals surface area contributed by atoms with Crippen LogP contribution in [0.15, 0.2) is 42.5 Å². The molecule has 3 rings (SSSR count). The number of ether oxygens (including phenoxy) is 2. The number of aryl methyl sites for hydroxylation is 1. The Labute approximate surface area is 132 Å². The van der Waals surface area contributed by atoms with E-state index in [2.05, 4.69) is 35.6 Å². The van der Waals surface area contributed by atoms with Crippen molar-refractivity contribution in [3.8, 4) is 11.5 Å². The highest BCUT2D eigenvalue weighted by Gasteiger charge is 2.22. The smallest absolute Gasteiger partial charge is 0.131 e. The Kier molecular flexibility index (Phi) is 4.64. The number of fused-ring (bicyclic) bond motifs is 1. The third-order valence-electron chi connectivity index (χ3n) is 4.53. The minimum absolute atomic E-state index is 0.553. The highest BCUT2D eigenvalue weighted by molar-refractivity contribution is 5.40. The van der Waals surface area contributed by atoms with E-state index in [1.165, 1.54) is 36.0 Å². The van der Waals surface area contributed by atoms with Crippen LogP contribution in [0.3, 0.4) is 0 Å². The fourth-order valence-corrected chi connectivity index (χ4v) is 3.33. The van der Waals surface area contributed by atoms with Gasteiger partial charge in [-0.2, -0.15) is 0 Å². The van der Waals surface area contributed by atoms with Crippen molar-refractivity contribution in [1.82, 2.24) is 0 Å². The summed E-state index contributed by atoms with van der Waals surface area (Å²) in [4.78, 5) is 0. The Morgan fingerprint density at radius 2 is 1.95 bits per heavy atom. The molecule has 0 bridgehead atoms. The van der Waals surface area contributed by atoms with Gasteiger partial charge in [0.2, 0.25) is 0 Å². The number of methoxy groups -OCH3 is 2. The Morgan fingerprint density at radius 1 is 1.09 bits per heavy atom. The summed E-state index contributed by atoms with van der Waals surface area (Å²) in [7, 11) is 3.40. The lowest BCUT2D eigenvalue weighted by molar-refractivity contribution is -0.712. The third kappa shape index (κ3) is 3.09. The molecule has 0 aromatic heterocycles. The van der Waals surface area contributed by atoms with Crippen LogP contribution in [0.2, 0.25) is 0 Å². The first kappa shape index (κ1) is 14.9. The quantitative estimate of drug-likeness (QED) is 0.921. The van der Waals surface area contributed by atoms with Crippen molar-refractivity contribution in [3.63, 3.8) is 0 Å². The van der Waals surface area contributed by atoms with Gasteiger partial charge in [-0.05, 0) is 30.5 Å². The van der Waals surface area contributed by atoms with Crippen molar-refractivity contribution in [3.05, 3.63) is 59.2 Å². The van der Waals surface area contributed by atoms with Gasteiger partial charge in [-0.1, -0.05) is 24.3 Å². The minimum atomic E-state index is 0.553. The highest BCUT2D eigenvalue weighted by atomic mass is 16.5. The van der Waals surface area contributed by atoms with Gasteiger partial charge in [0.25, 0.3) is 0 Å². The van der Waals surface area contributed by atoms with Crippen molar-refractivity contribution in [2.45, 2.75) is 31.8 Å². The molecule has 2 aromatic carbocycles. The van der Waals surface area contributed by atoms with E-state index < -0.39 is 0 Å². The van der Waals surface area contributed by atoms with Gasteiger partial charge in [0.05, 0.1) is 14.2 Å². The first-order valence-electron chi connectivity index (χ1n) is 7.94. The number of hydrogen-bond acceptors (Lipinski definition) is 2. The summed E-state index contributed by atoms with van der Waals surface area (Å²) in [5.74, 6) is 1.74. The molecule has 0 aliphatic heterocycles. The average molecular weight is 298 g/mol. The van der Waals surface area contributed by atoms with E-state index in [1.54, 1.807) is 14.2 Å². The van der Waals surface area contributed by atoms with Gasteiger partial charge in [-0.15, -0.1) is 0 Å². The molecule has 0 saturated heterocycles. The van der Waals surface area contributed by atoms with E-state index >= 15 is 0 Å². The Morgan fingerprint density at radius 3 is 2.77 bits per heavy atom. The van der Waals surface area contributed by atoms with Crippen LogP contribution < -0.4 is 14.8 Å². The van der Waals surface area contributed by atoms with Crippen molar-refractivity contribution in [2.24, 2.45) is 0 Å². The van der Waals surface area contributed by atoms with E-state index in [0.29, 0.717) is 6.04 Å². The van der Waals surface area contributed by atoms with Gasteiger partial charge in [0.15, 0.2) is 0 Å². The summed E-state index contributed by atoms with van der Waals surface area (Å²) < 4.78 is 10.8. The molecule has 1 aliphatic carbocycles. The molecule has 1 atom stereocenters. The van der Waals surface area contributed by atoms with E-state index in [-0.39, 0.29) is 0 Å². The Balaban J connectivity index is 1.73. The SMILES string of the molecule is COc1ccc(C[NH2+]C2CCCc3ccccc32)c(OC)c1. The molecule has 0 spiro atoms. The van der Waals surface area contributed by atoms with Crippen LogP contribution in [0.25, 0.3) is 0 Å². The molecule has 1 aliphatic rings. The van der Waals surface area contributed by atoms with Crippen molar-refractivity contribution < 1.29 is 14.8 Å². The standard InChI is InChI=1S/C19H23NO2/c1-21-16-11-10-15(19(12-16)22-2)13-20-18-9-5-7-14-6-3-4-8-17(14)18/h3-4,6,8,10-12,18,20H,5,7,9,13H2,1-2H3/p+1. The first-order chi connectivity index (χ1) is 10.8. The van der Waals surface area contributed by atoms with E-state index in [1.807, 2.05) is 12.1 Å². The lowest BCUT2D eigenvalue weighted by atomic mass is 9.87. The van der Waals surface area contributed by atoms with E-state index in [4.69, 9.17) is 9.47 Å². The third-order valence-corrected chi connectivity index (χ3v) is 4.53.